The number of hydrogen-bond acceptors (Lipinski definition) is 5. The van der Waals surface area contributed by atoms with E-state index in [1.54, 1.807) is 18.0 Å². The zero-order chi connectivity index (χ0) is 13.8. The fourth-order valence-electron chi connectivity index (χ4n) is 1.68. The minimum Gasteiger partial charge on any atom is -0.378 e. The lowest BCUT2D eigenvalue weighted by Gasteiger charge is -2.11. The maximum Gasteiger partial charge on any atom is 0.165 e. The SMILES string of the molecule is CCNc1nc(-c2cnn(C)c2)nc(COC)c1Br. The Morgan fingerprint density at radius 2 is 2.21 bits per heavy atom. The van der Waals surface area contributed by atoms with Crippen molar-refractivity contribution in [3.05, 3.63) is 22.6 Å². The molecule has 1 N–H and O–H groups in total. The average Bonchev–Trinajstić information content (AvgIpc) is 2.81. The Balaban J connectivity index is 2.48. The van der Waals surface area contributed by atoms with Gasteiger partial charge in [0.25, 0.3) is 0 Å². The Kier molecular flexibility index (Phi) is 4.49. The molecule has 19 heavy (non-hydrogen) atoms. The lowest BCUT2D eigenvalue weighted by Crippen LogP contribution is -2.06. The summed E-state index contributed by atoms with van der Waals surface area (Å²) < 4.78 is 7.73. The van der Waals surface area contributed by atoms with Gasteiger partial charge in [0.05, 0.1) is 28.5 Å². The fraction of sp³-hybridized carbons (Fsp3) is 0.417. The van der Waals surface area contributed by atoms with E-state index in [0.717, 1.165) is 28.1 Å². The van der Waals surface area contributed by atoms with Crippen LogP contribution in [-0.2, 0) is 18.4 Å². The van der Waals surface area contributed by atoms with E-state index in [2.05, 4.69) is 36.3 Å². The number of anilines is 1. The van der Waals surface area contributed by atoms with Crippen LogP contribution in [0.3, 0.4) is 0 Å². The van der Waals surface area contributed by atoms with Crippen LogP contribution in [0.4, 0.5) is 5.82 Å². The summed E-state index contributed by atoms with van der Waals surface area (Å²) in [5, 5.41) is 7.35. The molecule has 2 heterocycles. The standard InChI is InChI=1S/C12H16BrN5O/c1-4-14-12-10(13)9(7-19-3)16-11(17-12)8-5-15-18(2)6-8/h5-6H,4,7H2,1-3H3,(H,14,16,17). The minimum absolute atomic E-state index is 0.425. The number of hydrogen-bond donors (Lipinski definition) is 1. The molecular weight excluding hydrogens is 310 g/mol. The van der Waals surface area contributed by atoms with Gasteiger partial charge < -0.3 is 10.1 Å². The first kappa shape index (κ1) is 14.0. The van der Waals surface area contributed by atoms with Crippen molar-refractivity contribution in [1.82, 2.24) is 19.7 Å². The van der Waals surface area contributed by atoms with Crippen LogP contribution in [0.2, 0.25) is 0 Å². The third-order valence-corrected chi connectivity index (χ3v) is 3.34. The fourth-order valence-corrected chi connectivity index (χ4v) is 2.11. The number of aryl methyl sites for hydroxylation is 1. The van der Waals surface area contributed by atoms with Gasteiger partial charge in [-0.3, -0.25) is 4.68 Å². The molecule has 0 saturated heterocycles. The molecular formula is C12H16BrN5O. The van der Waals surface area contributed by atoms with E-state index < -0.39 is 0 Å². The van der Waals surface area contributed by atoms with Crippen LogP contribution in [-0.4, -0.2) is 33.4 Å². The second-order valence-corrected chi connectivity index (χ2v) is 4.82. The van der Waals surface area contributed by atoms with E-state index >= 15 is 0 Å². The number of rotatable bonds is 5. The van der Waals surface area contributed by atoms with E-state index in [-0.39, 0.29) is 0 Å². The maximum atomic E-state index is 5.17. The predicted octanol–water partition coefficient (Wildman–Crippen LogP) is 2.22. The first-order valence-corrected chi connectivity index (χ1v) is 6.73. The van der Waals surface area contributed by atoms with Gasteiger partial charge in [0.15, 0.2) is 5.82 Å². The van der Waals surface area contributed by atoms with Crippen molar-refractivity contribution in [3.63, 3.8) is 0 Å². The molecule has 0 radical (unpaired) electrons. The molecule has 102 valence electrons. The molecule has 0 aliphatic rings. The topological polar surface area (TPSA) is 64.9 Å². The Hall–Kier alpha value is -1.47. The van der Waals surface area contributed by atoms with Gasteiger partial charge in [-0.2, -0.15) is 5.10 Å². The lowest BCUT2D eigenvalue weighted by atomic mass is 10.3. The van der Waals surface area contributed by atoms with Crippen molar-refractivity contribution in [2.75, 3.05) is 19.0 Å². The van der Waals surface area contributed by atoms with Crippen LogP contribution in [0, 0.1) is 0 Å². The Morgan fingerprint density at radius 3 is 2.79 bits per heavy atom. The molecule has 0 amide bonds. The molecule has 0 unspecified atom stereocenters. The summed E-state index contributed by atoms with van der Waals surface area (Å²) in [4.78, 5) is 9.02. The number of halogens is 1. The first-order valence-electron chi connectivity index (χ1n) is 5.94. The van der Waals surface area contributed by atoms with Crippen LogP contribution < -0.4 is 5.32 Å². The van der Waals surface area contributed by atoms with Gasteiger partial charge in [-0.05, 0) is 22.9 Å². The minimum atomic E-state index is 0.425. The van der Waals surface area contributed by atoms with Crippen molar-refractivity contribution < 1.29 is 4.74 Å². The molecule has 0 fully saturated rings. The van der Waals surface area contributed by atoms with E-state index in [1.165, 1.54) is 0 Å². The van der Waals surface area contributed by atoms with Crippen LogP contribution in [0.1, 0.15) is 12.6 Å². The normalized spacial score (nSPS) is 10.7. The number of aromatic nitrogens is 4. The highest BCUT2D eigenvalue weighted by Gasteiger charge is 2.13. The largest absolute Gasteiger partial charge is 0.378 e. The van der Waals surface area contributed by atoms with Gasteiger partial charge in [0.2, 0.25) is 0 Å². The molecule has 6 nitrogen and oxygen atoms in total. The quantitative estimate of drug-likeness (QED) is 0.913. The molecule has 0 aliphatic carbocycles. The highest BCUT2D eigenvalue weighted by Crippen LogP contribution is 2.27. The summed E-state index contributed by atoms with van der Waals surface area (Å²) in [5.74, 6) is 1.41. The molecule has 0 spiro atoms. The van der Waals surface area contributed by atoms with Crippen molar-refractivity contribution in [1.29, 1.82) is 0 Å². The molecule has 2 aromatic rings. The van der Waals surface area contributed by atoms with E-state index in [0.29, 0.717) is 12.4 Å². The van der Waals surface area contributed by atoms with E-state index in [1.807, 2.05) is 20.2 Å². The number of nitrogens with zero attached hydrogens (tertiary/aromatic N) is 4. The summed E-state index contributed by atoms with van der Waals surface area (Å²) in [6.45, 7) is 3.23. The molecule has 2 rings (SSSR count). The Bertz CT molecular complexity index is 542. The first-order chi connectivity index (χ1) is 9.15. The van der Waals surface area contributed by atoms with Crippen molar-refractivity contribution in [2.45, 2.75) is 13.5 Å². The molecule has 7 heteroatoms. The zero-order valence-corrected chi connectivity index (χ0v) is 12.7. The molecule has 0 aromatic carbocycles. The number of nitrogens with one attached hydrogen (secondary N) is 1. The second kappa shape index (κ2) is 6.12. The summed E-state index contributed by atoms with van der Waals surface area (Å²) in [6, 6.07) is 0. The summed E-state index contributed by atoms with van der Waals surface area (Å²) in [6.07, 6.45) is 3.63. The van der Waals surface area contributed by atoms with Gasteiger partial charge in [-0.25, -0.2) is 9.97 Å². The Labute approximate surface area is 120 Å². The number of ether oxygens (including phenoxy) is 1. The monoisotopic (exact) mass is 325 g/mol. The van der Waals surface area contributed by atoms with Gasteiger partial charge in [-0.15, -0.1) is 0 Å². The molecule has 0 saturated carbocycles. The highest BCUT2D eigenvalue weighted by atomic mass is 79.9. The summed E-state index contributed by atoms with van der Waals surface area (Å²) in [7, 11) is 3.51. The second-order valence-electron chi connectivity index (χ2n) is 4.02. The lowest BCUT2D eigenvalue weighted by molar-refractivity contribution is 0.181. The van der Waals surface area contributed by atoms with E-state index in [4.69, 9.17) is 4.74 Å². The van der Waals surface area contributed by atoms with Crippen molar-refractivity contribution >= 4 is 21.7 Å². The van der Waals surface area contributed by atoms with Crippen LogP contribution in [0.25, 0.3) is 11.4 Å². The van der Waals surface area contributed by atoms with Crippen LogP contribution in [0.15, 0.2) is 16.9 Å². The van der Waals surface area contributed by atoms with Crippen LogP contribution >= 0.6 is 15.9 Å². The Morgan fingerprint density at radius 1 is 1.42 bits per heavy atom. The highest BCUT2D eigenvalue weighted by molar-refractivity contribution is 9.10. The zero-order valence-electron chi connectivity index (χ0n) is 11.1. The third kappa shape index (κ3) is 3.10. The molecule has 0 bridgehead atoms. The molecule has 0 aliphatic heterocycles. The van der Waals surface area contributed by atoms with Gasteiger partial charge in [-0.1, -0.05) is 0 Å². The number of methoxy groups -OCH3 is 1. The van der Waals surface area contributed by atoms with Crippen molar-refractivity contribution in [2.24, 2.45) is 7.05 Å². The van der Waals surface area contributed by atoms with Gasteiger partial charge >= 0.3 is 0 Å². The molecule has 0 atom stereocenters. The molecule has 2 aromatic heterocycles. The summed E-state index contributed by atoms with van der Waals surface area (Å²) >= 11 is 3.51. The van der Waals surface area contributed by atoms with Crippen molar-refractivity contribution in [3.8, 4) is 11.4 Å². The summed E-state index contributed by atoms with van der Waals surface area (Å²) in [5.41, 5.74) is 1.69. The van der Waals surface area contributed by atoms with Gasteiger partial charge in [0.1, 0.15) is 5.82 Å². The smallest absolute Gasteiger partial charge is 0.165 e. The predicted molar refractivity (Wildman–Crippen MR) is 76.8 cm³/mol. The van der Waals surface area contributed by atoms with E-state index in [9.17, 15) is 0 Å². The third-order valence-electron chi connectivity index (χ3n) is 2.51. The average molecular weight is 326 g/mol. The van der Waals surface area contributed by atoms with Gasteiger partial charge in [0, 0.05) is 26.9 Å². The van der Waals surface area contributed by atoms with Crippen LogP contribution in [0.5, 0.6) is 0 Å². The maximum absolute atomic E-state index is 5.17.